The van der Waals surface area contributed by atoms with Crippen LogP contribution in [0.15, 0.2) is 42.5 Å². The number of nitrogens with one attached hydrogen (secondary N) is 1. The van der Waals surface area contributed by atoms with Crippen LogP contribution in [0.5, 0.6) is 0 Å². The molecule has 2 nitrogen and oxygen atoms in total. The molecule has 0 radical (unpaired) electrons. The van der Waals surface area contributed by atoms with E-state index >= 15 is 0 Å². The van der Waals surface area contributed by atoms with Crippen molar-refractivity contribution in [1.29, 1.82) is 0 Å². The molecule has 4 heteroatoms. The normalized spacial score (nSPS) is 17.0. The lowest BCUT2D eigenvalue weighted by molar-refractivity contribution is 0.492. The summed E-state index contributed by atoms with van der Waals surface area (Å²) in [6, 6.07) is 11.9. The highest BCUT2D eigenvalue weighted by Gasteiger charge is 2.40. The topological polar surface area (TPSA) is 15.3 Å². The Balaban J connectivity index is 2.07. The van der Waals surface area contributed by atoms with Gasteiger partial charge in [-0.2, -0.15) is 0 Å². The van der Waals surface area contributed by atoms with Gasteiger partial charge >= 0.3 is 0 Å². The summed E-state index contributed by atoms with van der Waals surface area (Å²) in [4.78, 5) is 2.11. The summed E-state index contributed by atoms with van der Waals surface area (Å²) in [5.41, 5.74) is 2.43. The molecule has 0 aliphatic carbocycles. The first-order chi connectivity index (χ1) is 11.4. The molecule has 24 heavy (non-hydrogen) atoms. The summed E-state index contributed by atoms with van der Waals surface area (Å²) in [7, 11) is 1.89. The standard InChI is InChI=1S/C20H24F2N2/c1-20(2)13-24(19-16(20)8-5-9-17(19)22)18(10-11-23-3)14-6-4-7-15(21)12-14/h4-9,12,18,23H,10-11,13H2,1-3H3/t18-/m0/s1. The van der Waals surface area contributed by atoms with Gasteiger partial charge in [-0.25, -0.2) is 8.78 Å². The molecule has 1 N–H and O–H groups in total. The third kappa shape index (κ3) is 3.03. The average Bonchev–Trinajstić information content (AvgIpc) is 2.81. The number of hydrogen-bond donors (Lipinski definition) is 1. The van der Waals surface area contributed by atoms with Crippen LogP contribution in [0.4, 0.5) is 14.5 Å². The Kier molecular flexibility index (Phi) is 4.59. The minimum atomic E-state index is -0.255. The van der Waals surface area contributed by atoms with Crippen molar-refractivity contribution < 1.29 is 8.78 Å². The van der Waals surface area contributed by atoms with Crippen LogP contribution < -0.4 is 10.2 Å². The second-order valence-corrected chi connectivity index (χ2v) is 7.11. The van der Waals surface area contributed by atoms with Crippen LogP contribution in [0.1, 0.15) is 37.4 Å². The van der Waals surface area contributed by atoms with Gasteiger partial charge in [0.1, 0.15) is 11.6 Å². The number of para-hydroxylation sites is 1. The number of benzene rings is 2. The molecule has 1 aliphatic rings. The van der Waals surface area contributed by atoms with Crippen molar-refractivity contribution in [3.05, 3.63) is 65.2 Å². The number of rotatable bonds is 5. The molecular weight excluding hydrogens is 306 g/mol. The molecule has 0 aromatic heterocycles. The average molecular weight is 330 g/mol. The molecular formula is C20H24F2N2. The van der Waals surface area contributed by atoms with Gasteiger partial charge in [-0.15, -0.1) is 0 Å². The van der Waals surface area contributed by atoms with Crippen LogP contribution in [0.2, 0.25) is 0 Å². The molecule has 0 spiro atoms. The highest BCUT2D eigenvalue weighted by molar-refractivity contribution is 5.64. The Morgan fingerprint density at radius 3 is 2.62 bits per heavy atom. The fourth-order valence-electron chi connectivity index (χ4n) is 3.71. The van der Waals surface area contributed by atoms with E-state index < -0.39 is 0 Å². The van der Waals surface area contributed by atoms with Gasteiger partial charge in [0, 0.05) is 12.0 Å². The monoisotopic (exact) mass is 330 g/mol. The highest BCUT2D eigenvalue weighted by Crippen LogP contribution is 2.46. The first-order valence-corrected chi connectivity index (χ1v) is 8.40. The molecule has 1 atom stereocenters. The third-order valence-corrected chi connectivity index (χ3v) is 4.85. The van der Waals surface area contributed by atoms with E-state index in [1.54, 1.807) is 18.2 Å². The lowest BCUT2D eigenvalue weighted by Crippen LogP contribution is -2.34. The maximum Gasteiger partial charge on any atom is 0.146 e. The van der Waals surface area contributed by atoms with Crippen molar-refractivity contribution in [2.75, 3.05) is 25.0 Å². The number of nitrogens with zero attached hydrogens (tertiary/aromatic N) is 1. The number of anilines is 1. The Bertz CT molecular complexity index is 727. The van der Waals surface area contributed by atoms with Crippen molar-refractivity contribution in [2.24, 2.45) is 0 Å². The Labute approximate surface area is 142 Å². The van der Waals surface area contributed by atoms with Gasteiger partial charge in [-0.05, 0) is 49.3 Å². The first-order valence-electron chi connectivity index (χ1n) is 8.40. The van der Waals surface area contributed by atoms with Gasteiger partial charge in [0.05, 0.1) is 11.7 Å². The molecule has 1 aliphatic heterocycles. The maximum atomic E-state index is 14.6. The second kappa shape index (κ2) is 6.52. The molecule has 128 valence electrons. The molecule has 2 aromatic carbocycles. The van der Waals surface area contributed by atoms with E-state index in [4.69, 9.17) is 0 Å². The minimum Gasteiger partial charge on any atom is -0.361 e. The smallest absolute Gasteiger partial charge is 0.146 e. The Morgan fingerprint density at radius 2 is 1.92 bits per heavy atom. The molecule has 0 bridgehead atoms. The van der Waals surface area contributed by atoms with E-state index in [1.165, 1.54) is 12.1 Å². The van der Waals surface area contributed by atoms with E-state index in [2.05, 4.69) is 24.1 Å². The molecule has 3 rings (SSSR count). The lowest BCUT2D eigenvalue weighted by atomic mass is 9.87. The zero-order valence-electron chi connectivity index (χ0n) is 14.4. The van der Waals surface area contributed by atoms with Crippen LogP contribution in [-0.2, 0) is 5.41 Å². The van der Waals surface area contributed by atoms with Crippen LogP contribution >= 0.6 is 0 Å². The molecule has 0 amide bonds. The third-order valence-electron chi connectivity index (χ3n) is 4.85. The fourth-order valence-corrected chi connectivity index (χ4v) is 3.71. The van der Waals surface area contributed by atoms with Gasteiger partial charge in [0.15, 0.2) is 0 Å². The fraction of sp³-hybridized carbons (Fsp3) is 0.400. The summed E-state index contributed by atoms with van der Waals surface area (Å²) in [6.45, 7) is 5.76. The van der Waals surface area contributed by atoms with Crippen molar-refractivity contribution in [3.63, 3.8) is 0 Å². The van der Waals surface area contributed by atoms with Crippen LogP contribution in [0, 0.1) is 11.6 Å². The molecule has 0 fully saturated rings. The lowest BCUT2D eigenvalue weighted by Gasteiger charge is -2.32. The van der Waals surface area contributed by atoms with Crippen molar-refractivity contribution >= 4 is 5.69 Å². The zero-order chi connectivity index (χ0) is 17.3. The molecule has 0 saturated heterocycles. The molecule has 1 heterocycles. The van der Waals surface area contributed by atoms with E-state index in [-0.39, 0.29) is 23.1 Å². The van der Waals surface area contributed by atoms with Gasteiger partial charge < -0.3 is 10.2 Å². The highest BCUT2D eigenvalue weighted by atomic mass is 19.1. The second-order valence-electron chi connectivity index (χ2n) is 7.11. The van der Waals surface area contributed by atoms with Gasteiger partial charge in [0.2, 0.25) is 0 Å². The van der Waals surface area contributed by atoms with Crippen molar-refractivity contribution in [2.45, 2.75) is 31.7 Å². The summed E-state index contributed by atoms with van der Waals surface area (Å²) in [5, 5.41) is 3.15. The largest absolute Gasteiger partial charge is 0.361 e. The predicted octanol–water partition coefficient (Wildman–Crippen LogP) is 4.41. The number of hydrogen-bond acceptors (Lipinski definition) is 2. The Hall–Kier alpha value is -1.94. The number of halogens is 2. The van der Waals surface area contributed by atoms with E-state index in [1.807, 2.05) is 19.2 Å². The molecule has 2 aromatic rings. The maximum absolute atomic E-state index is 14.6. The minimum absolute atomic E-state index is 0.0643. The summed E-state index contributed by atoms with van der Waals surface area (Å²) < 4.78 is 28.4. The van der Waals surface area contributed by atoms with E-state index in [0.717, 1.165) is 24.1 Å². The SMILES string of the molecule is CNCC[C@@H](c1cccc(F)c1)N1CC(C)(C)c2cccc(F)c21. The van der Waals surface area contributed by atoms with Gasteiger partial charge in [-0.1, -0.05) is 38.1 Å². The van der Waals surface area contributed by atoms with Crippen molar-refractivity contribution in [3.8, 4) is 0 Å². The van der Waals surface area contributed by atoms with Gasteiger partial charge in [-0.3, -0.25) is 0 Å². The van der Waals surface area contributed by atoms with Crippen molar-refractivity contribution in [1.82, 2.24) is 5.32 Å². The Morgan fingerprint density at radius 1 is 1.17 bits per heavy atom. The van der Waals surface area contributed by atoms with Crippen LogP contribution in [-0.4, -0.2) is 20.1 Å². The van der Waals surface area contributed by atoms with E-state index in [9.17, 15) is 8.78 Å². The van der Waals surface area contributed by atoms with E-state index in [0.29, 0.717) is 12.2 Å². The predicted molar refractivity (Wildman–Crippen MR) is 94.5 cm³/mol. The van der Waals surface area contributed by atoms with Crippen LogP contribution in [0.25, 0.3) is 0 Å². The van der Waals surface area contributed by atoms with Gasteiger partial charge in [0.25, 0.3) is 0 Å². The summed E-state index contributed by atoms with van der Waals surface area (Å²) >= 11 is 0. The summed E-state index contributed by atoms with van der Waals surface area (Å²) in [5.74, 6) is -0.460. The quantitative estimate of drug-likeness (QED) is 0.873. The molecule has 0 saturated carbocycles. The van der Waals surface area contributed by atoms with Crippen LogP contribution in [0.3, 0.4) is 0 Å². The summed E-state index contributed by atoms with van der Waals surface area (Å²) in [6.07, 6.45) is 0.782. The number of fused-ring (bicyclic) bond motifs is 1. The molecule has 0 unspecified atom stereocenters. The first kappa shape index (κ1) is 16.9. The zero-order valence-corrected chi connectivity index (χ0v) is 14.4.